The predicted molar refractivity (Wildman–Crippen MR) is 110 cm³/mol. The number of hydrogen-bond donors (Lipinski definition) is 1. The number of nitrogens with one attached hydrogen (secondary N) is 1. The third kappa shape index (κ3) is 4.66. The van der Waals surface area contributed by atoms with Gasteiger partial charge in [0, 0.05) is 18.7 Å². The summed E-state index contributed by atoms with van der Waals surface area (Å²) in [5.41, 5.74) is 3.77. The molecule has 27 heavy (non-hydrogen) atoms. The SMILES string of the molecule is CC(C)c1ccc(C(=O)Nc2ccc(N3CCOCC3)nc2)c(C(C)C)c1. The highest BCUT2D eigenvalue weighted by molar-refractivity contribution is 6.05. The monoisotopic (exact) mass is 367 g/mol. The smallest absolute Gasteiger partial charge is 0.255 e. The number of carbonyl (C=O) groups is 1. The molecule has 0 saturated carbocycles. The molecule has 1 fully saturated rings. The van der Waals surface area contributed by atoms with Gasteiger partial charge in [-0.2, -0.15) is 0 Å². The lowest BCUT2D eigenvalue weighted by molar-refractivity contribution is 0.102. The Morgan fingerprint density at radius 1 is 1.07 bits per heavy atom. The summed E-state index contributed by atoms with van der Waals surface area (Å²) in [7, 11) is 0. The summed E-state index contributed by atoms with van der Waals surface area (Å²) in [6.07, 6.45) is 1.72. The highest BCUT2D eigenvalue weighted by Crippen LogP contribution is 2.26. The first kappa shape index (κ1) is 19.4. The van der Waals surface area contributed by atoms with Crippen LogP contribution in [0, 0.1) is 0 Å². The maximum absolute atomic E-state index is 12.8. The Labute approximate surface area is 161 Å². The van der Waals surface area contributed by atoms with Crippen molar-refractivity contribution in [3.63, 3.8) is 0 Å². The van der Waals surface area contributed by atoms with Crippen molar-refractivity contribution in [1.82, 2.24) is 4.98 Å². The molecule has 1 aliphatic heterocycles. The van der Waals surface area contributed by atoms with E-state index in [1.54, 1.807) is 6.20 Å². The summed E-state index contributed by atoms with van der Waals surface area (Å²) in [5, 5.41) is 2.99. The van der Waals surface area contributed by atoms with Crippen molar-refractivity contribution < 1.29 is 9.53 Å². The topological polar surface area (TPSA) is 54.5 Å². The van der Waals surface area contributed by atoms with E-state index in [0.29, 0.717) is 11.6 Å². The number of pyridine rings is 1. The molecule has 0 unspecified atom stereocenters. The van der Waals surface area contributed by atoms with Gasteiger partial charge in [-0.3, -0.25) is 4.79 Å². The van der Waals surface area contributed by atoms with E-state index in [1.165, 1.54) is 5.56 Å². The standard InChI is InChI=1S/C22H29N3O2/c1-15(2)17-5-7-19(20(13-17)16(3)4)22(26)24-18-6-8-21(23-14-18)25-9-11-27-12-10-25/h5-8,13-16H,9-12H2,1-4H3,(H,24,26). The van der Waals surface area contributed by atoms with E-state index in [-0.39, 0.29) is 11.8 Å². The number of benzene rings is 1. The summed E-state index contributed by atoms with van der Waals surface area (Å²) < 4.78 is 5.37. The molecular weight excluding hydrogens is 338 g/mol. The minimum absolute atomic E-state index is 0.0880. The van der Waals surface area contributed by atoms with Crippen LogP contribution in [0.4, 0.5) is 11.5 Å². The summed E-state index contributed by atoms with van der Waals surface area (Å²) in [5.74, 6) is 1.55. The molecule has 5 heteroatoms. The maximum Gasteiger partial charge on any atom is 0.255 e. The number of amides is 1. The van der Waals surface area contributed by atoms with Gasteiger partial charge >= 0.3 is 0 Å². The third-order valence-corrected chi connectivity index (χ3v) is 4.95. The first-order chi connectivity index (χ1) is 13.0. The maximum atomic E-state index is 12.8. The van der Waals surface area contributed by atoms with Crippen LogP contribution < -0.4 is 10.2 Å². The van der Waals surface area contributed by atoms with E-state index in [0.717, 1.165) is 43.2 Å². The van der Waals surface area contributed by atoms with Crippen molar-refractivity contribution in [2.45, 2.75) is 39.5 Å². The third-order valence-electron chi connectivity index (χ3n) is 4.95. The van der Waals surface area contributed by atoms with Crippen LogP contribution in [-0.4, -0.2) is 37.2 Å². The molecule has 0 radical (unpaired) electrons. The molecule has 2 aromatic rings. The lowest BCUT2D eigenvalue weighted by Gasteiger charge is -2.27. The second-order valence-electron chi connectivity index (χ2n) is 7.61. The van der Waals surface area contributed by atoms with E-state index in [4.69, 9.17) is 4.74 Å². The van der Waals surface area contributed by atoms with Gasteiger partial charge in [0.2, 0.25) is 0 Å². The molecule has 2 heterocycles. The number of ether oxygens (including phenoxy) is 1. The molecule has 0 aliphatic carbocycles. The first-order valence-electron chi connectivity index (χ1n) is 9.69. The fourth-order valence-electron chi connectivity index (χ4n) is 3.26. The average Bonchev–Trinajstić information content (AvgIpc) is 2.68. The van der Waals surface area contributed by atoms with Crippen LogP contribution in [0.15, 0.2) is 36.5 Å². The Morgan fingerprint density at radius 3 is 2.41 bits per heavy atom. The lowest BCUT2D eigenvalue weighted by atomic mass is 9.91. The van der Waals surface area contributed by atoms with Crippen LogP contribution in [0.25, 0.3) is 0 Å². The fourth-order valence-corrected chi connectivity index (χ4v) is 3.26. The number of hydrogen-bond acceptors (Lipinski definition) is 4. The van der Waals surface area contributed by atoms with Crippen LogP contribution in [0.1, 0.15) is 61.0 Å². The zero-order chi connectivity index (χ0) is 19.4. The molecule has 1 aromatic heterocycles. The second kappa shape index (κ2) is 8.53. The molecule has 5 nitrogen and oxygen atoms in total. The summed E-state index contributed by atoms with van der Waals surface area (Å²) in [6, 6.07) is 10.0. The van der Waals surface area contributed by atoms with Gasteiger partial charge < -0.3 is 15.0 Å². The van der Waals surface area contributed by atoms with Gasteiger partial charge in [0.1, 0.15) is 5.82 Å². The zero-order valence-corrected chi connectivity index (χ0v) is 16.7. The van der Waals surface area contributed by atoms with Crippen LogP contribution in [0.5, 0.6) is 0 Å². The highest BCUT2D eigenvalue weighted by Gasteiger charge is 2.17. The quantitative estimate of drug-likeness (QED) is 0.850. The lowest BCUT2D eigenvalue weighted by Crippen LogP contribution is -2.36. The van der Waals surface area contributed by atoms with E-state index >= 15 is 0 Å². The van der Waals surface area contributed by atoms with E-state index < -0.39 is 0 Å². The largest absolute Gasteiger partial charge is 0.378 e. The van der Waals surface area contributed by atoms with Crippen LogP contribution in [0.3, 0.4) is 0 Å². The predicted octanol–water partition coefficient (Wildman–Crippen LogP) is 4.42. The Balaban J connectivity index is 1.75. The van der Waals surface area contributed by atoms with Crippen LogP contribution >= 0.6 is 0 Å². The molecule has 0 bridgehead atoms. The minimum atomic E-state index is -0.0880. The van der Waals surface area contributed by atoms with Crippen molar-refractivity contribution >= 4 is 17.4 Å². The number of morpholine rings is 1. The van der Waals surface area contributed by atoms with Crippen molar-refractivity contribution in [3.05, 3.63) is 53.2 Å². The number of aromatic nitrogens is 1. The molecule has 0 atom stereocenters. The number of anilines is 2. The van der Waals surface area contributed by atoms with Crippen molar-refractivity contribution in [1.29, 1.82) is 0 Å². The minimum Gasteiger partial charge on any atom is -0.378 e. The van der Waals surface area contributed by atoms with Gasteiger partial charge in [-0.05, 0) is 41.2 Å². The van der Waals surface area contributed by atoms with Crippen LogP contribution in [-0.2, 0) is 4.74 Å². The number of nitrogens with zero attached hydrogens (tertiary/aromatic N) is 2. The fraction of sp³-hybridized carbons (Fsp3) is 0.455. The number of rotatable bonds is 5. The molecular formula is C22H29N3O2. The average molecular weight is 367 g/mol. The van der Waals surface area contributed by atoms with Crippen molar-refractivity contribution in [2.75, 3.05) is 36.5 Å². The summed E-state index contributed by atoms with van der Waals surface area (Å²) in [6.45, 7) is 11.7. The molecule has 3 rings (SSSR count). The van der Waals surface area contributed by atoms with Gasteiger partial charge in [-0.25, -0.2) is 4.98 Å². The molecule has 1 aliphatic rings. The van der Waals surface area contributed by atoms with E-state index in [9.17, 15) is 4.79 Å². The Kier molecular flexibility index (Phi) is 6.11. The normalized spacial score (nSPS) is 14.7. The molecule has 1 aromatic carbocycles. The molecule has 1 N–H and O–H groups in total. The van der Waals surface area contributed by atoms with E-state index in [2.05, 4.69) is 49.0 Å². The first-order valence-corrected chi connectivity index (χ1v) is 9.69. The van der Waals surface area contributed by atoms with Gasteiger partial charge in [-0.1, -0.05) is 39.8 Å². The highest BCUT2D eigenvalue weighted by atomic mass is 16.5. The Bertz CT molecular complexity index is 779. The van der Waals surface area contributed by atoms with Crippen LogP contribution in [0.2, 0.25) is 0 Å². The van der Waals surface area contributed by atoms with Crippen molar-refractivity contribution in [2.24, 2.45) is 0 Å². The molecule has 144 valence electrons. The number of carbonyl (C=O) groups excluding carboxylic acids is 1. The van der Waals surface area contributed by atoms with Gasteiger partial charge in [0.15, 0.2) is 0 Å². The van der Waals surface area contributed by atoms with Gasteiger partial charge in [0.05, 0.1) is 25.1 Å². The summed E-state index contributed by atoms with van der Waals surface area (Å²) in [4.78, 5) is 19.5. The van der Waals surface area contributed by atoms with E-state index in [1.807, 2.05) is 24.3 Å². The Hall–Kier alpha value is -2.40. The second-order valence-corrected chi connectivity index (χ2v) is 7.61. The molecule has 1 saturated heterocycles. The van der Waals surface area contributed by atoms with Crippen molar-refractivity contribution in [3.8, 4) is 0 Å². The van der Waals surface area contributed by atoms with Gasteiger partial charge in [-0.15, -0.1) is 0 Å². The Morgan fingerprint density at radius 2 is 1.81 bits per heavy atom. The van der Waals surface area contributed by atoms with Gasteiger partial charge in [0.25, 0.3) is 5.91 Å². The molecule has 1 amide bonds. The zero-order valence-electron chi connectivity index (χ0n) is 16.7. The summed E-state index contributed by atoms with van der Waals surface area (Å²) >= 11 is 0. The molecule has 0 spiro atoms.